The molecule has 3 N–H and O–H groups in total. The first-order valence-corrected chi connectivity index (χ1v) is 3.87. The highest BCUT2D eigenvalue weighted by Crippen LogP contribution is 2.07. The van der Waals surface area contributed by atoms with E-state index in [-0.39, 0.29) is 11.9 Å². The van der Waals surface area contributed by atoms with Gasteiger partial charge >= 0.3 is 5.97 Å². The van der Waals surface area contributed by atoms with Gasteiger partial charge < -0.3 is 10.8 Å². The highest BCUT2D eigenvalue weighted by Gasteiger charge is 2.16. The minimum atomic E-state index is -1.03. The molecule has 0 bridgehead atoms. The third-order valence-corrected chi connectivity index (χ3v) is 1.63. The summed E-state index contributed by atoms with van der Waals surface area (Å²) >= 11 is 3.95. The summed E-state index contributed by atoms with van der Waals surface area (Å²) in [6.45, 7) is 0. The quantitative estimate of drug-likeness (QED) is 0.522. The molecule has 0 aliphatic carbocycles. The number of carboxylic acid groups (broad SMARTS) is 1. The van der Waals surface area contributed by atoms with Crippen LogP contribution in [-0.2, 0) is 4.79 Å². The lowest BCUT2D eigenvalue weighted by molar-refractivity contribution is -0.138. The van der Waals surface area contributed by atoms with Gasteiger partial charge in [-0.1, -0.05) is 0 Å². The summed E-state index contributed by atoms with van der Waals surface area (Å²) in [6.07, 6.45) is 1.70. The topological polar surface area (TPSA) is 88.0 Å². The fourth-order valence-electron chi connectivity index (χ4n) is 0.786. The number of aliphatic carboxylic acids is 1. The van der Waals surface area contributed by atoms with Gasteiger partial charge in [0.25, 0.3) is 0 Å². The molecule has 1 aliphatic rings. The number of nitrogens with two attached hydrogens (primary N) is 1. The second-order valence-corrected chi connectivity index (χ2v) is 2.86. The van der Waals surface area contributed by atoms with E-state index in [0.717, 1.165) is 0 Å². The van der Waals surface area contributed by atoms with E-state index < -0.39 is 12.0 Å². The number of hydrogen-bond acceptors (Lipinski definition) is 5. The second kappa shape index (κ2) is 3.68. The maximum Gasteiger partial charge on any atom is 0.320 e. The second-order valence-electron chi connectivity index (χ2n) is 2.39. The van der Waals surface area contributed by atoms with Crippen molar-refractivity contribution in [1.29, 1.82) is 0 Å². The van der Waals surface area contributed by atoms with E-state index in [1.54, 1.807) is 0 Å². The standard InChI is InChI=1S/C6H9N3O2S/c7-4(5(10)11)1-3-2-8-6(12)9-3/h2,4,6,12H,1,7H2,(H,10,11). The Balaban J connectivity index is 2.48. The average Bonchev–Trinajstić information content (AvgIpc) is 2.35. The molecule has 0 saturated carbocycles. The van der Waals surface area contributed by atoms with Crippen molar-refractivity contribution in [3.05, 3.63) is 0 Å². The Morgan fingerprint density at radius 1 is 1.92 bits per heavy atom. The first-order chi connectivity index (χ1) is 5.59. The van der Waals surface area contributed by atoms with E-state index in [9.17, 15) is 4.79 Å². The molecule has 0 saturated heterocycles. The molecule has 0 aromatic rings. The molecule has 0 radical (unpaired) electrons. The van der Waals surface area contributed by atoms with E-state index in [0.29, 0.717) is 5.71 Å². The van der Waals surface area contributed by atoms with Crippen LogP contribution in [0.1, 0.15) is 6.42 Å². The molecular formula is C6H9N3O2S. The van der Waals surface area contributed by atoms with Crippen molar-refractivity contribution in [3.8, 4) is 0 Å². The summed E-state index contributed by atoms with van der Waals surface area (Å²) in [6, 6.07) is -0.908. The Morgan fingerprint density at radius 3 is 3.00 bits per heavy atom. The third-order valence-electron chi connectivity index (χ3n) is 1.38. The van der Waals surface area contributed by atoms with E-state index in [4.69, 9.17) is 10.8 Å². The van der Waals surface area contributed by atoms with Crippen LogP contribution in [0.3, 0.4) is 0 Å². The van der Waals surface area contributed by atoms with Gasteiger partial charge in [0.15, 0.2) is 5.50 Å². The predicted octanol–water partition coefficient (Wildman–Crippen LogP) is -0.473. The molecule has 1 rings (SSSR count). The largest absolute Gasteiger partial charge is 0.480 e. The van der Waals surface area contributed by atoms with Crippen LogP contribution < -0.4 is 5.73 Å². The lowest BCUT2D eigenvalue weighted by Crippen LogP contribution is -2.32. The van der Waals surface area contributed by atoms with Crippen molar-refractivity contribution < 1.29 is 9.90 Å². The Bertz CT molecular complexity index is 251. The van der Waals surface area contributed by atoms with Gasteiger partial charge in [-0.3, -0.25) is 14.8 Å². The van der Waals surface area contributed by atoms with Gasteiger partial charge in [-0.2, -0.15) is 0 Å². The molecule has 2 atom stereocenters. The highest BCUT2D eigenvalue weighted by molar-refractivity contribution is 7.80. The summed E-state index contributed by atoms with van der Waals surface area (Å²) in [5, 5.41) is 8.46. The van der Waals surface area contributed by atoms with Gasteiger partial charge in [-0.15, -0.1) is 12.6 Å². The predicted molar refractivity (Wildman–Crippen MR) is 48.9 cm³/mol. The number of hydrogen-bond donors (Lipinski definition) is 3. The Kier molecular flexibility index (Phi) is 2.83. The lowest BCUT2D eigenvalue weighted by atomic mass is 10.1. The maximum atomic E-state index is 10.3. The van der Waals surface area contributed by atoms with Crippen molar-refractivity contribution in [2.45, 2.75) is 18.0 Å². The summed E-state index contributed by atoms with van der Waals surface area (Å²) in [7, 11) is 0. The van der Waals surface area contributed by atoms with Crippen LogP contribution in [-0.4, -0.2) is 34.5 Å². The Morgan fingerprint density at radius 2 is 2.58 bits per heavy atom. The zero-order valence-electron chi connectivity index (χ0n) is 6.21. The van der Waals surface area contributed by atoms with Gasteiger partial charge in [0, 0.05) is 12.6 Å². The number of aliphatic imine (C=N–C) groups is 2. The molecule has 12 heavy (non-hydrogen) atoms. The Labute approximate surface area is 74.8 Å². The molecule has 1 heterocycles. The van der Waals surface area contributed by atoms with Gasteiger partial charge in [0.1, 0.15) is 6.04 Å². The SMILES string of the molecule is NC(CC1=NC(S)N=C1)C(=O)O. The van der Waals surface area contributed by atoms with Crippen molar-refractivity contribution >= 4 is 30.5 Å². The first-order valence-electron chi connectivity index (χ1n) is 3.36. The van der Waals surface area contributed by atoms with E-state index >= 15 is 0 Å². The normalized spacial score (nSPS) is 23.8. The monoisotopic (exact) mass is 187 g/mol. The smallest absolute Gasteiger partial charge is 0.320 e. The first kappa shape index (κ1) is 9.21. The minimum absolute atomic E-state index is 0.204. The zero-order valence-corrected chi connectivity index (χ0v) is 7.11. The molecule has 5 nitrogen and oxygen atoms in total. The van der Waals surface area contributed by atoms with Crippen LogP contribution in [0.4, 0.5) is 0 Å². The molecule has 0 fully saturated rings. The highest BCUT2D eigenvalue weighted by atomic mass is 32.1. The van der Waals surface area contributed by atoms with E-state index in [2.05, 4.69) is 22.6 Å². The molecule has 0 amide bonds. The molecule has 0 aromatic carbocycles. The number of carboxylic acids is 1. The summed E-state index contributed by atoms with van der Waals surface area (Å²) in [5.41, 5.74) is 5.47. The van der Waals surface area contributed by atoms with Crippen molar-refractivity contribution in [1.82, 2.24) is 0 Å². The fourth-order valence-corrected chi connectivity index (χ4v) is 1.00. The number of thiol groups is 1. The van der Waals surface area contributed by atoms with Crippen LogP contribution in [0, 0.1) is 0 Å². The van der Waals surface area contributed by atoms with E-state index in [1.165, 1.54) is 6.21 Å². The third kappa shape index (κ3) is 2.31. The molecule has 0 spiro atoms. The lowest BCUT2D eigenvalue weighted by Gasteiger charge is -2.02. The molecule has 66 valence electrons. The van der Waals surface area contributed by atoms with Gasteiger partial charge in [0.2, 0.25) is 0 Å². The van der Waals surface area contributed by atoms with Crippen LogP contribution in [0.2, 0.25) is 0 Å². The van der Waals surface area contributed by atoms with Gasteiger partial charge in [-0.05, 0) is 0 Å². The zero-order chi connectivity index (χ0) is 9.14. The molecule has 6 heteroatoms. The molecule has 0 aromatic heterocycles. The summed E-state index contributed by atoms with van der Waals surface area (Å²) in [5.74, 6) is -1.03. The van der Waals surface area contributed by atoms with Gasteiger partial charge in [0.05, 0.1) is 5.71 Å². The molecule has 1 aliphatic heterocycles. The van der Waals surface area contributed by atoms with Crippen molar-refractivity contribution in [2.75, 3.05) is 0 Å². The van der Waals surface area contributed by atoms with Crippen LogP contribution in [0.25, 0.3) is 0 Å². The molecular weight excluding hydrogens is 178 g/mol. The van der Waals surface area contributed by atoms with Crippen LogP contribution in [0.15, 0.2) is 9.98 Å². The number of rotatable bonds is 3. The van der Waals surface area contributed by atoms with Crippen LogP contribution in [0.5, 0.6) is 0 Å². The number of nitrogens with zero attached hydrogens (tertiary/aromatic N) is 2. The van der Waals surface area contributed by atoms with Crippen LogP contribution >= 0.6 is 12.6 Å². The van der Waals surface area contributed by atoms with Crippen molar-refractivity contribution in [2.24, 2.45) is 15.7 Å². The number of carbonyl (C=O) groups is 1. The summed E-state index contributed by atoms with van der Waals surface area (Å²) in [4.78, 5) is 18.1. The fraction of sp³-hybridized carbons (Fsp3) is 0.500. The van der Waals surface area contributed by atoms with Crippen molar-refractivity contribution in [3.63, 3.8) is 0 Å². The molecule has 2 unspecified atom stereocenters. The van der Waals surface area contributed by atoms with E-state index in [1.807, 2.05) is 0 Å². The average molecular weight is 187 g/mol. The minimum Gasteiger partial charge on any atom is -0.480 e. The van der Waals surface area contributed by atoms with Gasteiger partial charge in [-0.25, -0.2) is 0 Å². The summed E-state index contributed by atoms with van der Waals surface area (Å²) < 4.78 is 0. The Hall–Kier alpha value is -0.880. The maximum absolute atomic E-state index is 10.3.